The monoisotopic (exact) mass is 392 g/mol. The number of amides is 1. The molecular weight excluding hydrogens is 360 g/mol. The Labute approximate surface area is 174 Å². The molecule has 1 fully saturated rings. The van der Waals surface area contributed by atoms with Crippen molar-refractivity contribution >= 4 is 12.0 Å². The molecular formula is C25H32N2O2. The van der Waals surface area contributed by atoms with Gasteiger partial charge in [0, 0.05) is 38.3 Å². The molecule has 2 aromatic rings. The van der Waals surface area contributed by atoms with Crippen molar-refractivity contribution < 1.29 is 9.53 Å². The molecule has 1 amide bonds. The van der Waals surface area contributed by atoms with E-state index in [-0.39, 0.29) is 5.91 Å². The van der Waals surface area contributed by atoms with Gasteiger partial charge in [-0.25, -0.2) is 0 Å². The van der Waals surface area contributed by atoms with E-state index >= 15 is 0 Å². The highest BCUT2D eigenvalue weighted by atomic mass is 16.5. The predicted octanol–water partition coefficient (Wildman–Crippen LogP) is 4.60. The first-order valence-corrected chi connectivity index (χ1v) is 10.4. The number of benzene rings is 2. The van der Waals surface area contributed by atoms with E-state index in [2.05, 4.69) is 55.2 Å². The highest BCUT2D eigenvalue weighted by Crippen LogP contribution is 2.30. The number of carbonyl (C=O) groups is 1. The maximum Gasteiger partial charge on any atom is 0.254 e. The van der Waals surface area contributed by atoms with Crippen LogP contribution in [0, 0.1) is 6.92 Å². The van der Waals surface area contributed by atoms with Crippen molar-refractivity contribution in [2.24, 2.45) is 0 Å². The summed E-state index contributed by atoms with van der Waals surface area (Å²) in [5, 5.41) is 0. The topological polar surface area (TPSA) is 32.8 Å². The highest BCUT2D eigenvalue weighted by molar-refractivity contribution is 5.96. The van der Waals surface area contributed by atoms with Gasteiger partial charge in [0.1, 0.15) is 5.75 Å². The van der Waals surface area contributed by atoms with E-state index in [1.807, 2.05) is 30.0 Å². The Kier molecular flexibility index (Phi) is 7.10. The molecule has 154 valence electrons. The zero-order valence-corrected chi connectivity index (χ0v) is 18.0. The lowest BCUT2D eigenvalue weighted by atomic mass is 9.95. The lowest BCUT2D eigenvalue weighted by Crippen LogP contribution is -2.48. The number of hydrogen-bond acceptors (Lipinski definition) is 3. The number of aryl methyl sites for hydroxylation is 1. The molecule has 29 heavy (non-hydrogen) atoms. The molecule has 3 rings (SSSR count). The number of nitrogens with zero attached hydrogens (tertiary/aromatic N) is 2. The lowest BCUT2D eigenvalue weighted by molar-refractivity contribution is 0.0649. The fourth-order valence-corrected chi connectivity index (χ4v) is 3.76. The zero-order valence-electron chi connectivity index (χ0n) is 18.0. The number of carbonyl (C=O) groups excluding carboxylic acids is 1. The summed E-state index contributed by atoms with van der Waals surface area (Å²) in [4.78, 5) is 17.5. The molecule has 0 atom stereocenters. The molecule has 1 heterocycles. The molecule has 1 saturated heterocycles. The summed E-state index contributed by atoms with van der Waals surface area (Å²) >= 11 is 0. The van der Waals surface area contributed by atoms with Crippen LogP contribution < -0.4 is 4.74 Å². The first-order chi connectivity index (χ1) is 14.0. The van der Waals surface area contributed by atoms with Gasteiger partial charge in [-0.3, -0.25) is 9.69 Å². The lowest BCUT2D eigenvalue weighted by Gasteiger charge is -2.34. The highest BCUT2D eigenvalue weighted by Gasteiger charge is 2.24. The van der Waals surface area contributed by atoms with Crippen molar-refractivity contribution in [2.75, 3.05) is 39.8 Å². The van der Waals surface area contributed by atoms with Crippen LogP contribution >= 0.6 is 0 Å². The summed E-state index contributed by atoms with van der Waals surface area (Å²) in [6.07, 6.45) is 4.36. The number of hydrogen-bond donors (Lipinski definition) is 0. The van der Waals surface area contributed by atoms with Crippen molar-refractivity contribution in [3.63, 3.8) is 0 Å². The fraction of sp³-hybridized carbons (Fsp3) is 0.400. The standard InChI is InChI=1S/C25H32N2O2/c1-19(2)22-18-23(20(3)17-24(22)29-4)25(28)27-15-13-26(14-16-27)12-8-11-21-9-6-5-7-10-21/h5-11,17-19H,12-16H2,1-4H3/b11-8+. The SMILES string of the molecule is COc1cc(C)c(C(=O)N2CCN(C/C=C/c3ccccc3)CC2)cc1C(C)C. The number of methoxy groups -OCH3 is 1. The summed E-state index contributed by atoms with van der Waals surface area (Å²) in [6, 6.07) is 14.4. The molecule has 0 unspecified atom stereocenters. The zero-order chi connectivity index (χ0) is 20.8. The Hall–Kier alpha value is -2.59. The van der Waals surface area contributed by atoms with E-state index in [0.29, 0.717) is 5.92 Å². The van der Waals surface area contributed by atoms with Gasteiger partial charge in [0.2, 0.25) is 0 Å². The Morgan fingerprint density at radius 2 is 1.79 bits per heavy atom. The maximum atomic E-state index is 13.2. The van der Waals surface area contributed by atoms with Gasteiger partial charge < -0.3 is 9.64 Å². The second kappa shape index (κ2) is 9.75. The second-order valence-electron chi connectivity index (χ2n) is 7.97. The van der Waals surface area contributed by atoms with Crippen LogP contribution in [0.4, 0.5) is 0 Å². The molecule has 0 bridgehead atoms. The van der Waals surface area contributed by atoms with Crippen molar-refractivity contribution in [3.8, 4) is 5.75 Å². The molecule has 0 N–H and O–H groups in total. The van der Waals surface area contributed by atoms with Gasteiger partial charge >= 0.3 is 0 Å². The van der Waals surface area contributed by atoms with E-state index in [1.54, 1.807) is 7.11 Å². The van der Waals surface area contributed by atoms with Gasteiger partial charge in [-0.15, -0.1) is 0 Å². The van der Waals surface area contributed by atoms with Crippen LogP contribution in [0.25, 0.3) is 6.08 Å². The van der Waals surface area contributed by atoms with Crippen molar-refractivity contribution in [2.45, 2.75) is 26.7 Å². The van der Waals surface area contributed by atoms with Crippen LogP contribution in [-0.4, -0.2) is 55.5 Å². The summed E-state index contributed by atoms with van der Waals surface area (Å²) in [5.41, 5.74) is 4.08. The van der Waals surface area contributed by atoms with Gasteiger partial charge in [-0.05, 0) is 41.7 Å². The molecule has 2 aromatic carbocycles. The molecule has 0 radical (unpaired) electrons. The van der Waals surface area contributed by atoms with Gasteiger partial charge in [-0.2, -0.15) is 0 Å². The van der Waals surface area contributed by atoms with Crippen LogP contribution in [0.5, 0.6) is 5.75 Å². The van der Waals surface area contributed by atoms with Gasteiger partial charge in [0.05, 0.1) is 7.11 Å². The van der Waals surface area contributed by atoms with E-state index in [1.165, 1.54) is 5.56 Å². The number of ether oxygens (including phenoxy) is 1. The van der Waals surface area contributed by atoms with Crippen LogP contribution in [0.1, 0.15) is 46.8 Å². The molecule has 1 aliphatic rings. The largest absolute Gasteiger partial charge is 0.496 e. The smallest absolute Gasteiger partial charge is 0.254 e. The molecule has 4 nitrogen and oxygen atoms in total. The Balaban J connectivity index is 1.60. The van der Waals surface area contributed by atoms with Crippen molar-refractivity contribution in [1.29, 1.82) is 0 Å². The average Bonchev–Trinajstić information content (AvgIpc) is 2.74. The summed E-state index contributed by atoms with van der Waals surface area (Å²) in [7, 11) is 1.69. The number of piperazine rings is 1. The Morgan fingerprint density at radius 3 is 2.41 bits per heavy atom. The Morgan fingerprint density at radius 1 is 1.10 bits per heavy atom. The molecule has 0 aliphatic carbocycles. The van der Waals surface area contributed by atoms with Crippen molar-refractivity contribution in [3.05, 3.63) is 70.8 Å². The summed E-state index contributed by atoms with van der Waals surface area (Å²) in [5.74, 6) is 1.31. The van der Waals surface area contributed by atoms with Gasteiger partial charge in [0.25, 0.3) is 5.91 Å². The van der Waals surface area contributed by atoms with E-state index < -0.39 is 0 Å². The Bertz CT molecular complexity index is 851. The van der Waals surface area contributed by atoms with Crippen molar-refractivity contribution in [1.82, 2.24) is 9.80 Å². The maximum absolute atomic E-state index is 13.2. The third-order valence-electron chi connectivity index (χ3n) is 5.56. The third kappa shape index (κ3) is 5.27. The van der Waals surface area contributed by atoms with Crippen LogP contribution in [-0.2, 0) is 0 Å². The minimum absolute atomic E-state index is 0.131. The normalized spacial score (nSPS) is 15.3. The molecule has 0 saturated carbocycles. The molecule has 1 aliphatic heterocycles. The van der Waals surface area contributed by atoms with E-state index in [9.17, 15) is 4.79 Å². The minimum atomic E-state index is 0.131. The molecule has 4 heteroatoms. The second-order valence-corrected chi connectivity index (χ2v) is 7.97. The van der Waals surface area contributed by atoms with E-state index in [4.69, 9.17) is 4.74 Å². The summed E-state index contributed by atoms with van der Waals surface area (Å²) in [6.45, 7) is 10.5. The first kappa shape index (κ1) is 21.1. The van der Waals surface area contributed by atoms with E-state index in [0.717, 1.165) is 55.2 Å². The predicted molar refractivity (Wildman–Crippen MR) is 120 cm³/mol. The van der Waals surface area contributed by atoms with Crippen LogP contribution in [0.3, 0.4) is 0 Å². The average molecular weight is 393 g/mol. The van der Waals surface area contributed by atoms with Gasteiger partial charge in [-0.1, -0.05) is 56.3 Å². The summed E-state index contributed by atoms with van der Waals surface area (Å²) < 4.78 is 5.51. The quantitative estimate of drug-likeness (QED) is 0.720. The molecule has 0 spiro atoms. The van der Waals surface area contributed by atoms with Crippen LogP contribution in [0.2, 0.25) is 0 Å². The molecule has 0 aromatic heterocycles. The van der Waals surface area contributed by atoms with Gasteiger partial charge in [0.15, 0.2) is 0 Å². The first-order valence-electron chi connectivity index (χ1n) is 10.4. The fourth-order valence-electron chi connectivity index (χ4n) is 3.76. The minimum Gasteiger partial charge on any atom is -0.496 e. The number of rotatable bonds is 6. The third-order valence-corrected chi connectivity index (χ3v) is 5.56. The van der Waals surface area contributed by atoms with Crippen LogP contribution in [0.15, 0.2) is 48.5 Å².